The number of sulfone groups is 1. The Balaban J connectivity index is 1.97. The second kappa shape index (κ2) is 6.11. The Morgan fingerprint density at radius 3 is 2.64 bits per heavy atom. The number of hydrogen-bond donors (Lipinski definition) is 0. The van der Waals surface area contributed by atoms with Crippen LogP contribution in [0.25, 0.3) is 0 Å². The number of halogens is 1. The molecule has 7 heteroatoms. The lowest BCUT2D eigenvalue weighted by molar-refractivity contribution is -0.116. The van der Waals surface area contributed by atoms with E-state index < -0.39 is 9.84 Å². The molecular formula is C15H20BrNO4S. The molecule has 0 unspecified atom stereocenters. The molecule has 1 aromatic carbocycles. The normalized spacial score (nSPS) is 22.0. The molecule has 0 aromatic heterocycles. The summed E-state index contributed by atoms with van der Waals surface area (Å²) in [5, 5.41) is 0. The van der Waals surface area contributed by atoms with Gasteiger partial charge in [-0.3, -0.25) is 0 Å². The molecule has 22 heavy (non-hydrogen) atoms. The van der Waals surface area contributed by atoms with E-state index in [0.29, 0.717) is 37.8 Å². The average Bonchev–Trinajstić information content (AvgIpc) is 2.47. The molecule has 0 saturated carbocycles. The Morgan fingerprint density at radius 1 is 1.23 bits per heavy atom. The number of nitrogens with zero attached hydrogens (tertiary/aromatic N) is 1. The first kappa shape index (κ1) is 16.2. The largest absolute Gasteiger partial charge is 0.381 e. The molecule has 122 valence electrons. The van der Waals surface area contributed by atoms with Crippen molar-refractivity contribution in [3.05, 3.63) is 22.7 Å². The van der Waals surface area contributed by atoms with Crippen LogP contribution in [-0.2, 0) is 19.3 Å². The quantitative estimate of drug-likeness (QED) is 0.776. The molecular weight excluding hydrogens is 370 g/mol. The lowest BCUT2D eigenvalue weighted by Crippen LogP contribution is -2.54. The van der Waals surface area contributed by atoms with Crippen molar-refractivity contribution >= 4 is 31.5 Å². The molecule has 2 heterocycles. The fourth-order valence-electron chi connectivity index (χ4n) is 3.18. The van der Waals surface area contributed by atoms with Crippen LogP contribution in [-0.4, -0.2) is 53.2 Å². The summed E-state index contributed by atoms with van der Waals surface area (Å²) in [7, 11) is -3.28. The maximum atomic E-state index is 12.1. The first-order valence-electron chi connectivity index (χ1n) is 7.37. The number of morpholine rings is 1. The van der Waals surface area contributed by atoms with Crippen molar-refractivity contribution in [3.63, 3.8) is 0 Å². The number of anilines is 1. The monoisotopic (exact) mass is 389 g/mol. The second-order valence-corrected chi connectivity index (χ2v) is 8.76. The third-order valence-electron chi connectivity index (χ3n) is 4.32. The van der Waals surface area contributed by atoms with Gasteiger partial charge in [-0.25, -0.2) is 8.42 Å². The highest BCUT2D eigenvalue weighted by Gasteiger charge is 2.39. The minimum atomic E-state index is -3.28. The lowest BCUT2D eigenvalue weighted by Gasteiger charge is -2.46. The summed E-state index contributed by atoms with van der Waals surface area (Å²) in [4.78, 5) is 2.50. The standard InChI is InChI=1S/C15H20BrNO4S/c1-22(18,19)13-4-2-3-12(16)14(13)17-7-10-21-15(11-17)5-8-20-9-6-15/h2-4H,5-11H2,1H3. The molecule has 1 spiro atoms. The van der Waals surface area contributed by atoms with Crippen LogP contribution in [0.4, 0.5) is 5.69 Å². The van der Waals surface area contributed by atoms with Gasteiger partial charge in [0.05, 0.1) is 22.8 Å². The van der Waals surface area contributed by atoms with E-state index in [1.165, 1.54) is 6.26 Å². The van der Waals surface area contributed by atoms with Crippen LogP contribution in [0, 0.1) is 0 Å². The van der Waals surface area contributed by atoms with Gasteiger partial charge >= 0.3 is 0 Å². The summed E-state index contributed by atoms with van der Waals surface area (Å²) in [6.07, 6.45) is 2.95. The smallest absolute Gasteiger partial charge is 0.177 e. The molecule has 2 aliphatic heterocycles. The number of para-hydroxylation sites is 1. The van der Waals surface area contributed by atoms with E-state index >= 15 is 0 Å². The van der Waals surface area contributed by atoms with E-state index in [2.05, 4.69) is 20.8 Å². The van der Waals surface area contributed by atoms with E-state index in [1.807, 2.05) is 6.07 Å². The molecule has 2 aliphatic rings. The molecule has 5 nitrogen and oxygen atoms in total. The molecule has 2 fully saturated rings. The van der Waals surface area contributed by atoms with Crippen molar-refractivity contribution in [2.45, 2.75) is 23.3 Å². The maximum absolute atomic E-state index is 12.1. The zero-order valence-corrected chi connectivity index (χ0v) is 15.0. The van der Waals surface area contributed by atoms with Crippen LogP contribution in [0.1, 0.15) is 12.8 Å². The van der Waals surface area contributed by atoms with Gasteiger partial charge in [0, 0.05) is 49.9 Å². The molecule has 2 saturated heterocycles. The van der Waals surface area contributed by atoms with E-state index in [4.69, 9.17) is 9.47 Å². The number of ether oxygens (including phenoxy) is 2. The summed E-state index contributed by atoms with van der Waals surface area (Å²) in [6, 6.07) is 5.31. The molecule has 0 radical (unpaired) electrons. The molecule has 0 aliphatic carbocycles. The Hall–Kier alpha value is -0.630. The number of benzene rings is 1. The molecule has 1 aromatic rings. The molecule has 3 rings (SSSR count). The number of rotatable bonds is 2. The van der Waals surface area contributed by atoms with E-state index in [-0.39, 0.29) is 5.60 Å². The summed E-state index contributed by atoms with van der Waals surface area (Å²) < 4.78 is 36.5. The summed E-state index contributed by atoms with van der Waals surface area (Å²) in [5.74, 6) is 0. The summed E-state index contributed by atoms with van der Waals surface area (Å²) in [6.45, 7) is 3.38. The third-order valence-corrected chi connectivity index (χ3v) is 6.09. The Labute approximate surface area is 139 Å². The molecule has 0 atom stereocenters. The minimum absolute atomic E-state index is 0.222. The highest BCUT2D eigenvalue weighted by Crippen LogP contribution is 2.38. The van der Waals surface area contributed by atoms with Gasteiger partial charge in [0.1, 0.15) is 0 Å². The van der Waals surface area contributed by atoms with Crippen molar-refractivity contribution in [1.82, 2.24) is 0 Å². The fraction of sp³-hybridized carbons (Fsp3) is 0.600. The fourth-order valence-corrected chi connectivity index (χ4v) is 4.85. The van der Waals surface area contributed by atoms with Crippen molar-refractivity contribution in [3.8, 4) is 0 Å². The summed E-state index contributed by atoms with van der Waals surface area (Å²) in [5.41, 5.74) is 0.528. The minimum Gasteiger partial charge on any atom is -0.381 e. The summed E-state index contributed by atoms with van der Waals surface area (Å²) >= 11 is 3.52. The van der Waals surface area contributed by atoms with Crippen molar-refractivity contribution < 1.29 is 17.9 Å². The predicted molar refractivity (Wildman–Crippen MR) is 88.2 cm³/mol. The Kier molecular flexibility index (Phi) is 4.51. The average molecular weight is 390 g/mol. The maximum Gasteiger partial charge on any atom is 0.177 e. The third kappa shape index (κ3) is 3.18. The lowest BCUT2D eigenvalue weighted by atomic mass is 9.92. The van der Waals surface area contributed by atoms with E-state index in [0.717, 1.165) is 23.0 Å². The van der Waals surface area contributed by atoms with Crippen LogP contribution >= 0.6 is 15.9 Å². The van der Waals surface area contributed by atoms with E-state index in [1.54, 1.807) is 12.1 Å². The van der Waals surface area contributed by atoms with Crippen LogP contribution < -0.4 is 4.90 Å². The van der Waals surface area contributed by atoms with Gasteiger partial charge in [-0.1, -0.05) is 6.07 Å². The zero-order valence-electron chi connectivity index (χ0n) is 12.5. The first-order valence-corrected chi connectivity index (χ1v) is 10.0. The van der Waals surface area contributed by atoms with E-state index in [9.17, 15) is 8.42 Å². The molecule has 0 N–H and O–H groups in total. The van der Waals surface area contributed by atoms with Gasteiger partial charge in [-0.05, 0) is 28.1 Å². The molecule has 0 bridgehead atoms. The van der Waals surface area contributed by atoms with Gasteiger partial charge in [-0.2, -0.15) is 0 Å². The van der Waals surface area contributed by atoms with Gasteiger partial charge in [-0.15, -0.1) is 0 Å². The highest BCUT2D eigenvalue weighted by atomic mass is 79.9. The predicted octanol–water partition coefficient (Wildman–Crippen LogP) is 2.24. The van der Waals surface area contributed by atoms with Gasteiger partial charge in [0.25, 0.3) is 0 Å². The van der Waals surface area contributed by atoms with Crippen LogP contribution in [0.5, 0.6) is 0 Å². The van der Waals surface area contributed by atoms with Crippen LogP contribution in [0.3, 0.4) is 0 Å². The van der Waals surface area contributed by atoms with Gasteiger partial charge in [0.15, 0.2) is 9.84 Å². The van der Waals surface area contributed by atoms with Crippen LogP contribution in [0.15, 0.2) is 27.6 Å². The first-order chi connectivity index (χ1) is 10.4. The second-order valence-electron chi connectivity index (χ2n) is 5.92. The van der Waals surface area contributed by atoms with Crippen molar-refractivity contribution in [2.24, 2.45) is 0 Å². The zero-order chi connectivity index (χ0) is 15.8. The van der Waals surface area contributed by atoms with Gasteiger partial charge < -0.3 is 14.4 Å². The van der Waals surface area contributed by atoms with Gasteiger partial charge in [0.2, 0.25) is 0 Å². The Bertz CT molecular complexity index is 650. The highest BCUT2D eigenvalue weighted by molar-refractivity contribution is 9.10. The SMILES string of the molecule is CS(=O)(=O)c1cccc(Br)c1N1CCOC2(CCOCC2)C1. The van der Waals surface area contributed by atoms with Crippen LogP contribution in [0.2, 0.25) is 0 Å². The van der Waals surface area contributed by atoms with Crippen molar-refractivity contribution in [2.75, 3.05) is 44.1 Å². The topological polar surface area (TPSA) is 55.8 Å². The Morgan fingerprint density at radius 2 is 1.95 bits per heavy atom. The van der Waals surface area contributed by atoms with Crippen molar-refractivity contribution in [1.29, 1.82) is 0 Å². The number of hydrogen-bond acceptors (Lipinski definition) is 5. The molecule has 0 amide bonds.